The van der Waals surface area contributed by atoms with E-state index in [-0.39, 0.29) is 0 Å². The van der Waals surface area contributed by atoms with E-state index in [0.29, 0.717) is 26.1 Å². The lowest BCUT2D eigenvalue weighted by atomic mass is 9.93. The van der Waals surface area contributed by atoms with E-state index in [1.54, 1.807) is 12.4 Å². The van der Waals surface area contributed by atoms with Gasteiger partial charge >= 0.3 is 5.97 Å². The quantitative estimate of drug-likeness (QED) is 0.529. The zero-order valence-corrected chi connectivity index (χ0v) is 16.2. The summed E-state index contributed by atoms with van der Waals surface area (Å²) >= 11 is 0. The number of hydrogen-bond acceptors (Lipinski definition) is 5. The summed E-state index contributed by atoms with van der Waals surface area (Å²) in [6.07, 6.45) is 11.9. The lowest BCUT2D eigenvalue weighted by molar-refractivity contribution is -0.161. The summed E-state index contributed by atoms with van der Waals surface area (Å²) in [4.78, 5) is 15.8. The first kappa shape index (κ1) is 20.3. The van der Waals surface area contributed by atoms with Gasteiger partial charge in [-0.3, -0.25) is 10.1 Å². The van der Waals surface area contributed by atoms with E-state index in [4.69, 9.17) is 9.47 Å². The maximum Gasteiger partial charge on any atom is 0.335 e. The van der Waals surface area contributed by atoms with Gasteiger partial charge in [0, 0.05) is 12.8 Å². The first-order valence-corrected chi connectivity index (χ1v) is 10.2. The maximum atomic E-state index is 11.4. The Morgan fingerprint density at radius 2 is 2.00 bits per heavy atom. The van der Waals surface area contributed by atoms with Crippen molar-refractivity contribution in [3.8, 4) is 17.1 Å². The average molecular weight is 387 g/mol. The van der Waals surface area contributed by atoms with E-state index < -0.39 is 11.6 Å². The van der Waals surface area contributed by atoms with Crippen LogP contribution in [-0.2, 0) is 9.53 Å². The summed E-state index contributed by atoms with van der Waals surface area (Å²) in [5, 5.41) is 16.2. The molecule has 0 spiro atoms. The topological polar surface area (TPSA) is 97.3 Å². The van der Waals surface area contributed by atoms with Crippen LogP contribution in [0.2, 0.25) is 0 Å². The SMILES string of the molecule is O=C(O)C1(CCCCCCCCOc2ccc(-c3ccn[nH]3)nc2)CCCO1. The maximum absolute atomic E-state index is 11.4. The van der Waals surface area contributed by atoms with Crippen molar-refractivity contribution in [2.24, 2.45) is 0 Å². The smallest absolute Gasteiger partial charge is 0.335 e. The van der Waals surface area contributed by atoms with Gasteiger partial charge < -0.3 is 14.6 Å². The minimum absolute atomic E-state index is 0.577. The number of unbranched alkanes of at least 4 members (excludes halogenated alkanes) is 5. The van der Waals surface area contributed by atoms with Gasteiger partial charge in [0.05, 0.1) is 24.2 Å². The largest absolute Gasteiger partial charge is 0.492 e. The number of rotatable bonds is 12. The Bertz CT molecular complexity index is 710. The van der Waals surface area contributed by atoms with Gasteiger partial charge in [-0.15, -0.1) is 0 Å². The van der Waals surface area contributed by atoms with Crippen molar-refractivity contribution in [1.29, 1.82) is 0 Å². The molecule has 1 aliphatic rings. The van der Waals surface area contributed by atoms with Crippen molar-refractivity contribution in [3.63, 3.8) is 0 Å². The van der Waals surface area contributed by atoms with Gasteiger partial charge in [-0.25, -0.2) is 4.79 Å². The standard InChI is InChI=1S/C21H29N3O4/c25-20(26)21(12-7-15-28-21)11-5-3-1-2-4-6-14-27-17-8-9-18(22-16-17)19-10-13-23-24-19/h8-10,13,16H,1-7,11-12,14-15H2,(H,23,24)(H,25,26). The number of carboxylic acids is 1. The number of aromatic amines is 1. The Hall–Kier alpha value is -2.41. The summed E-state index contributed by atoms with van der Waals surface area (Å²) in [5.74, 6) is -0.0203. The third-order valence-corrected chi connectivity index (χ3v) is 5.25. The number of aromatic nitrogens is 3. The van der Waals surface area contributed by atoms with Crippen LogP contribution in [0.1, 0.15) is 57.8 Å². The van der Waals surface area contributed by atoms with E-state index in [2.05, 4.69) is 15.2 Å². The minimum Gasteiger partial charge on any atom is -0.492 e. The first-order valence-electron chi connectivity index (χ1n) is 10.2. The van der Waals surface area contributed by atoms with Crippen molar-refractivity contribution >= 4 is 5.97 Å². The molecule has 1 saturated heterocycles. The first-order chi connectivity index (χ1) is 13.7. The molecule has 0 saturated carbocycles. The van der Waals surface area contributed by atoms with E-state index >= 15 is 0 Å². The zero-order valence-electron chi connectivity index (χ0n) is 16.2. The van der Waals surface area contributed by atoms with Gasteiger partial charge in [-0.05, 0) is 50.3 Å². The van der Waals surface area contributed by atoms with Crippen LogP contribution < -0.4 is 4.74 Å². The monoisotopic (exact) mass is 387 g/mol. The number of nitrogens with one attached hydrogen (secondary N) is 1. The molecular formula is C21H29N3O4. The molecule has 1 aliphatic heterocycles. The molecule has 2 N–H and O–H groups in total. The van der Waals surface area contributed by atoms with Gasteiger partial charge in [-0.1, -0.05) is 25.7 Å². The second-order valence-corrected chi connectivity index (χ2v) is 7.32. The van der Waals surface area contributed by atoms with E-state index in [0.717, 1.165) is 62.1 Å². The lowest BCUT2D eigenvalue weighted by Gasteiger charge is -2.22. The average Bonchev–Trinajstić information content (AvgIpc) is 3.40. The Morgan fingerprint density at radius 1 is 1.18 bits per heavy atom. The molecule has 152 valence electrons. The Morgan fingerprint density at radius 3 is 2.64 bits per heavy atom. The minimum atomic E-state index is -0.908. The van der Waals surface area contributed by atoms with Gasteiger partial charge in [0.1, 0.15) is 5.75 Å². The van der Waals surface area contributed by atoms with Gasteiger partial charge in [0.25, 0.3) is 0 Å². The molecule has 7 heteroatoms. The molecule has 0 amide bonds. The molecule has 1 atom stereocenters. The fourth-order valence-corrected chi connectivity index (χ4v) is 3.60. The molecule has 2 aromatic heterocycles. The molecule has 28 heavy (non-hydrogen) atoms. The zero-order chi connectivity index (χ0) is 19.7. The molecule has 1 unspecified atom stereocenters. The molecule has 1 fully saturated rings. The highest BCUT2D eigenvalue weighted by atomic mass is 16.5. The number of ether oxygens (including phenoxy) is 2. The molecule has 3 heterocycles. The normalized spacial score (nSPS) is 19.0. The summed E-state index contributed by atoms with van der Waals surface area (Å²) in [5.41, 5.74) is 0.826. The number of pyridine rings is 1. The van der Waals surface area contributed by atoms with Crippen LogP contribution in [-0.4, -0.2) is 45.1 Å². The highest BCUT2D eigenvalue weighted by molar-refractivity contribution is 5.77. The van der Waals surface area contributed by atoms with Crippen molar-refractivity contribution in [3.05, 3.63) is 30.6 Å². The summed E-state index contributed by atoms with van der Waals surface area (Å²) < 4.78 is 11.2. The van der Waals surface area contributed by atoms with E-state index in [1.165, 1.54) is 0 Å². The Kier molecular flexibility index (Phi) is 7.42. The molecular weight excluding hydrogens is 358 g/mol. The predicted octanol–water partition coefficient (Wildman–Crippen LogP) is 4.22. The molecule has 3 rings (SSSR count). The molecule has 0 aliphatic carbocycles. The highest BCUT2D eigenvalue weighted by Crippen LogP contribution is 2.31. The Labute approximate surface area is 165 Å². The molecule has 0 bridgehead atoms. The second kappa shape index (κ2) is 10.2. The number of carbonyl (C=O) groups is 1. The summed E-state index contributed by atoms with van der Waals surface area (Å²) in [6, 6.07) is 5.72. The number of nitrogens with zero attached hydrogens (tertiary/aromatic N) is 2. The van der Waals surface area contributed by atoms with Gasteiger partial charge in [-0.2, -0.15) is 5.10 Å². The number of H-pyrrole nitrogens is 1. The van der Waals surface area contributed by atoms with Crippen LogP contribution in [0.15, 0.2) is 30.6 Å². The number of aliphatic carboxylic acids is 1. The third kappa shape index (κ3) is 5.55. The Balaban J connectivity index is 1.22. The van der Waals surface area contributed by atoms with Gasteiger partial charge in [0.2, 0.25) is 0 Å². The van der Waals surface area contributed by atoms with Crippen molar-refractivity contribution < 1.29 is 19.4 Å². The second-order valence-electron chi connectivity index (χ2n) is 7.32. The summed E-state index contributed by atoms with van der Waals surface area (Å²) in [6.45, 7) is 1.26. The van der Waals surface area contributed by atoms with Crippen LogP contribution in [0.25, 0.3) is 11.4 Å². The van der Waals surface area contributed by atoms with Crippen molar-refractivity contribution in [2.45, 2.75) is 63.4 Å². The van der Waals surface area contributed by atoms with Crippen LogP contribution in [0.5, 0.6) is 5.75 Å². The number of carboxylic acid groups (broad SMARTS) is 1. The highest BCUT2D eigenvalue weighted by Gasteiger charge is 2.41. The molecule has 2 aromatic rings. The molecule has 7 nitrogen and oxygen atoms in total. The van der Waals surface area contributed by atoms with Crippen molar-refractivity contribution in [1.82, 2.24) is 15.2 Å². The summed E-state index contributed by atoms with van der Waals surface area (Å²) in [7, 11) is 0. The third-order valence-electron chi connectivity index (χ3n) is 5.25. The fraction of sp³-hybridized carbons (Fsp3) is 0.571. The fourth-order valence-electron chi connectivity index (χ4n) is 3.60. The molecule has 0 aromatic carbocycles. The lowest BCUT2D eigenvalue weighted by Crippen LogP contribution is -2.37. The molecule has 0 radical (unpaired) electrons. The van der Waals surface area contributed by atoms with E-state index in [9.17, 15) is 9.90 Å². The van der Waals surface area contributed by atoms with Crippen LogP contribution >= 0.6 is 0 Å². The van der Waals surface area contributed by atoms with Crippen molar-refractivity contribution in [2.75, 3.05) is 13.2 Å². The van der Waals surface area contributed by atoms with Gasteiger partial charge in [0.15, 0.2) is 5.60 Å². The predicted molar refractivity (Wildman–Crippen MR) is 105 cm³/mol. The van der Waals surface area contributed by atoms with Crippen LogP contribution in [0.4, 0.5) is 0 Å². The van der Waals surface area contributed by atoms with Crippen LogP contribution in [0.3, 0.4) is 0 Å². The number of hydrogen-bond donors (Lipinski definition) is 2. The van der Waals surface area contributed by atoms with E-state index in [1.807, 2.05) is 18.2 Å². The van der Waals surface area contributed by atoms with Crippen LogP contribution in [0, 0.1) is 0 Å².